The molecule has 0 bridgehead atoms. The maximum atomic E-state index is 10.7. The number of hydrogen-bond donors (Lipinski definition) is 2. The van der Waals surface area contributed by atoms with Gasteiger partial charge in [0.1, 0.15) is 17.8 Å². The van der Waals surface area contributed by atoms with E-state index in [1.54, 1.807) is 24.3 Å². The highest BCUT2D eigenvalue weighted by Crippen LogP contribution is 2.19. The summed E-state index contributed by atoms with van der Waals surface area (Å²) in [5.41, 5.74) is 1.73. The first-order valence-electron chi connectivity index (χ1n) is 5.54. The van der Waals surface area contributed by atoms with Crippen LogP contribution in [0.3, 0.4) is 0 Å². The number of benzene rings is 1. The zero-order chi connectivity index (χ0) is 14.5. The van der Waals surface area contributed by atoms with Crippen molar-refractivity contribution >= 4 is 17.3 Å². The molecule has 2 N–H and O–H groups in total. The summed E-state index contributed by atoms with van der Waals surface area (Å²) in [6.45, 7) is 0. The molecule has 0 aliphatic rings. The lowest BCUT2D eigenvalue weighted by atomic mass is 10.1. The summed E-state index contributed by atoms with van der Waals surface area (Å²) in [4.78, 5) is 14.4. The number of hydrogen-bond acceptors (Lipinski definition) is 5. The maximum Gasteiger partial charge on any atom is 0.354 e. The van der Waals surface area contributed by atoms with Crippen LogP contribution in [0, 0.1) is 22.7 Å². The quantitative estimate of drug-likeness (QED) is 0.879. The smallest absolute Gasteiger partial charge is 0.354 e. The van der Waals surface area contributed by atoms with Crippen molar-refractivity contribution in [1.29, 1.82) is 10.5 Å². The minimum atomic E-state index is -1.10. The molecule has 0 fully saturated rings. The first kappa shape index (κ1) is 13.1. The SMILES string of the molecule is N#Cc1ccc(Nc2ccc(C(=O)O)nc2)cc1C#N. The Balaban J connectivity index is 2.24. The van der Waals surface area contributed by atoms with Crippen LogP contribution in [0.4, 0.5) is 11.4 Å². The van der Waals surface area contributed by atoms with Crippen LogP contribution in [-0.4, -0.2) is 16.1 Å². The predicted molar refractivity (Wildman–Crippen MR) is 70.4 cm³/mol. The molecule has 0 amide bonds. The van der Waals surface area contributed by atoms with E-state index >= 15 is 0 Å². The molecule has 1 aromatic carbocycles. The Morgan fingerprint density at radius 3 is 2.35 bits per heavy atom. The van der Waals surface area contributed by atoms with E-state index in [-0.39, 0.29) is 11.3 Å². The van der Waals surface area contributed by atoms with Gasteiger partial charge in [-0.05, 0) is 30.3 Å². The van der Waals surface area contributed by atoms with Crippen LogP contribution in [0.2, 0.25) is 0 Å². The summed E-state index contributed by atoms with van der Waals surface area (Å²) in [7, 11) is 0. The van der Waals surface area contributed by atoms with Gasteiger partial charge in [0.15, 0.2) is 0 Å². The van der Waals surface area contributed by atoms with Gasteiger partial charge in [-0.2, -0.15) is 10.5 Å². The third-order valence-electron chi connectivity index (χ3n) is 2.53. The summed E-state index contributed by atoms with van der Waals surface area (Å²) in [6, 6.07) is 11.6. The van der Waals surface area contributed by atoms with Crippen LogP contribution in [0.1, 0.15) is 21.6 Å². The van der Waals surface area contributed by atoms with Crippen LogP contribution >= 0.6 is 0 Å². The molecule has 0 saturated carbocycles. The van der Waals surface area contributed by atoms with Gasteiger partial charge in [-0.25, -0.2) is 9.78 Å². The number of carbonyl (C=O) groups is 1. The summed E-state index contributed by atoms with van der Waals surface area (Å²) in [5, 5.41) is 29.5. The Morgan fingerprint density at radius 1 is 1.10 bits per heavy atom. The second-order valence-electron chi connectivity index (χ2n) is 3.85. The van der Waals surface area contributed by atoms with Crippen molar-refractivity contribution in [2.24, 2.45) is 0 Å². The number of aromatic carboxylic acids is 1. The van der Waals surface area contributed by atoms with Crippen molar-refractivity contribution in [3.63, 3.8) is 0 Å². The molecular formula is C14H8N4O2. The van der Waals surface area contributed by atoms with Crippen LogP contribution in [0.15, 0.2) is 36.5 Å². The molecule has 0 unspecified atom stereocenters. The Morgan fingerprint density at radius 2 is 1.80 bits per heavy atom. The molecule has 20 heavy (non-hydrogen) atoms. The van der Waals surface area contributed by atoms with Crippen molar-refractivity contribution in [3.8, 4) is 12.1 Å². The average Bonchev–Trinajstić information content (AvgIpc) is 2.47. The lowest BCUT2D eigenvalue weighted by Crippen LogP contribution is -2.00. The summed E-state index contributed by atoms with van der Waals surface area (Å²) >= 11 is 0. The van der Waals surface area contributed by atoms with Crippen LogP contribution in [-0.2, 0) is 0 Å². The monoisotopic (exact) mass is 264 g/mol. The van der Waals surface area contributed by atoms with Gasteiger partial charge >= 0.3 is 5.97 Å². The van der Waals surface area contributed by atoms with E-state index in [1.807, 2.05) is 12.1 Å². The van der Waals surface area contributed by atoms with Crippen molar-refractivity contribution in [2.45, 2.75) is 0 Å². The van der Waals surface area contributed by atoms with Crippen LogP contribution < -0.4 is 5.32 Å². The van der Waals surface area contributed by atoms with Crippen molar-refractivity contribution < 1.29 is 9.90 Å². The van der Waals surface area contributed by atoms with Crippen LogP contribution in [0.5, 0.6) is 0 Å². The number of anilines is 2. The zero-order valence-electron chi connectivity index (χ0n) is 10.2. The highest BCUT2D eigenvalue weighted by Gasteiger charge is 2.05. The molecule has 0 radical (unpaired) electrons. The number of aromatic nitrogens is 1. The number of nitriles is 2. The lowest BCUT2D eigenvalue weighted by Gasteiger charge is -2.07. The van der Waals surface area contributed by atoms with Gasteiger partial charge in [0, 0.05) is 5.69 Å². The number of nitrogens with zero attached hydrogens (tertiary/aromatic N) is 3. The fraction of sp³-hybridized carbons (Fsp3) is 0. The summed E-state index contributed by atoms with van der Waals surface area (Å²) in [6.07, 6.45) is 1.38. The number of nitrogens with one attached hydrogen (secondary N) is 1. The standard InChI is InChI=1S/C14H8N4O2/c15-6-9-1-2-11(5-10(9)7-16)18-12-3-4-13(14(19)20)17-8-12/h1-5,8,18H,(H,19,20). The second-order valence-corrected chi connectivity index (χ2v) is 3.85. The van der Waals surface area contributed by atoms with Gasteiger partial charge in [-0.1, -0.05) is 0 Å². The molecule has 0 aliphatic heterocycles. The van der Waals surface area contributed by atoms with Gasteiger partial charge in [-0.3, -0.25) is 0 Å². The highest BCUT2D eigenvalue weighted by molar-refractivity contribution is 5.85. The molecule has 0 saturated heterocycles. The fourth-order valence-electron chi connectivity index (χ4n) is 1.57. The topological polar surface area (TPSA) is 110 Å². The van der Waals surface area contributed by atoms with Gasteiger partial charge in [0.25, 0.3) is 0 Å². The minimum Gasteiger partial charge on any atom is -0.477 e. The molecule has 0 spiro atoms. The normalized spacial score (nSPS) is 9.30. The second kappa shape index (κ2) is 5.51. The Bertz CT molecular complexity index is 739. The van der Waals surface area contributed by atoms with Gasteiger partial charge in [-0.15, -0.1) is 0 Å². The average molecular weight is 264 g/mol. The summed E-state index contributed by atoms with van der Waals surface area (Å²) < 4.78 is 0. The molecule has 6 nitrogen and oxygen atoms in total. The third-order valence-corrected chi connectivity index (χ3v) is 2.53. The van der Waals surface area contributed by atoms with Crippen LogP contribution in [0.25, 0.3) is 0 Å². The molecule has 2 rings (SSSR count). The minimum absolute atomic E-state index is 0.0481. The number of pyridine rings is 1. The number of carboxylic acids is 1. The van der Waals surface area contributed by atoms with Crippen molar-refractivity contribution in [1.82, 2.24) is 4.98 Å². The molecule has 1 aromatic heterocycles. The predicted octanol–water partition coefficient (Wildman–Crippen LogP) is 2.27. The van der Waals surface area contributed by atoms with Gasteiger partial charge in [0.05, 0.1) is 23.0 Å². The van der Waals surface area contributed by atoms with Gasteiger partial charge < -0.3 is 10.4 Å². The van der Waals surface area contributed by atoms with E-state index < -0.39 is 5.97 Å². The third kappa shape index (κ3) is 2.71. The molecule has 1 heterocycles. The molecule has 6 heteroatoms. The first-order valence-corrected chi connectivity index (χ1v) is 5.54. The Labute approximate surface area is 114 Å². The maximum absolute atomic E-state index is 10.7. The number of rotatable bonds is 3. The fourth-order valence-corrected chi connectivity index (χ4v) is 1.57. The number of carboxylic acid groups (broad SMARTS) is 1. The Kier molecular flexibility index (Phi) is 3.60. The largest absolute Gasteiger partial charge is 0.477 e. The lowest BCUT2D eigenvalue weighted by molar-refractivity contribution is 0.0690. The highest BCUT2D eigenvalue weighted by atomic mass is 16.4. The molecule has 96 valence electrons. The van der Waals surface area contributed by atoms with E-state index in [0.717, 1.165) is 0 Å². The molecular weight excluding hydrogens is 256 g/mol. The molecule has 2 aromatic rings. The van der Waals surface area contributed by atoms with Crippen molar-refractivity contribution in [3.05, 3.63) is 53.3 Å². The van der Waals surface area contributed by atoms with E-state index in [9.17, 15) is 4.79 Å². The van der Waals surface area contributed by atoms with E-state index in [2.05, 4.69) is 10.3 Å². The molecule has 0 atom stereocenters. The zero-order valence-corrected chi connectivity index (χ0v) is 10.2. The van der Waals surface area contributed by atoms with E-state index in [4.69, 9.17) is 15.6 Å². The molecule has 0 aliphatic carbocycles. The van der Waals surface area contributed by atoms with Crippen molar-refractivity contribution in [2.75, 3.05) is 5.32 Å². The first-order chi connectivity index (χ1) is 9.63. The Hall–Kier alpha value is -3.38. The summed E-state index contributed by atoms with van der Waals surface area (Å²) in [5.74, 6) is -1.10. The van der Waals surface area contributed by atoms with Gasteiger partial charge in [0.2, 0.25) is 0 Å². The van der Waals surface area contributed by atoms with E-state index in [1.165, 1.54) is 12.3 Å². The van der Waals surface area contributed by atoms with E-state index in [0.29, 0.717) is 16.9 Å².